The van der Waals surface area contributed by atoms with Crippen LogP contribution in [0.15, 0.2) is 35.9 Å². The van der Waals surface area contributed by atoms with Gasteiger partial charge in [0.05, 0.1) is 12.5 Å². The quantitative estimate of drug-likeness (QED) is 0.833. The first-order valence-corrected chi connectivity index (χ1v) is 6.46. The summed E-state index contributed by atoms with van der Waals surface area (Å²) in [5, 5.41) is 0.0533. The minimum absolute atomic E-state index is 0.0533. The molecule has 0 unspecified atom stereocenters. The summed E-state index contributed by atoms with van der Waals surface area (Å²) in [7, 11) is -3.52. The number of aromatic nitrogens is 3. The van der Waals surface area contributed by atoms with Crippen LogP contribution in [0.5, 0.6) is 0 Å². The maximum absolute atomic E-state index is 11.7. The minimum atomic E-state index is -3.52. The second kappa shape index (κ2) is 4.64. The van der Waals surface area contributed by atoms with Crippen LogP contribution in [-0.4, -0.2) is 23.4 Å². The largest absolute Gasteiger partial charge is 0.335 e. The fraction of sp³-hybridized carbons (Fsp3) is 0.200. The Bertz CT molecular complexity index is 575. The smallest absolute Gasteiger partial charge is 0.257 e. The zero-order chi connectivity index (χ0) is 12.3. The van der Waals surface area contributed by atoms with E-state index in [1.54, 1.807) is 6.20 Å². The Morgan fingerprint density at radius 1 is 1.35 bits per heavy atom. The van der Waals surface area contributed by atoms with Gasteiger partial charge in [-0.2, -0.15) is 0 Å². The van der Waals surface area contributed by atoms with Crippen LogP contribution >= 0.6 is 0 Å². The van der Waals surface area contributed by atoms with Crippen LogP contribution in [0, 0.1) is 6.92 Å². The van der Waals surface area contributed by atoms with E-state index in [0.29, 0.717) is 0 Å². The van der Waals surface area contributed by atoms with Gasteiger partial charge in [0.1, 0.15) is 0 Å². The molecule has 0 aromatic carbocycles. The van der Waals surface area contributed by atoms with Crippen LogP contribution in [0.2, 0.25) is 0 Å². The Hall–Kier alpha value is -1.73. The average Bonchev–Trinajstić information content (AvgIpc) is 2.82. The van der Waals surface area contributed by atoms with Gasteiger partial charge in [-0.15, -0.1) is 0 Å². The van der Waals surface area contributed by atoms with Crippen molar-refractivity contribution in [2.75, 3.05) is 0 Å². The Morgan fingerprint density at radius 3 is 2.76 bits per heavy atom. The fourth-order valence-corrected chi connectivity index (χ4v) is 2.17. The van der Waals surface area contributed by atoms with E-state index >= 15 is 0 Å². The summed E-state index contributed by atoms with van der Waals surface area (Å²) in [6, 6.07) is 3.66. The molecule has 2 aromatic rings. The molecule has 7 heteroatoms. The van der Waals surface area contributed by atoms with Crippen LogP contribution in [0.4, 0.5) is 0 Å². The lowest BCUT2D eigenvalue weighted by Crippen LogP contribution is -2.23. The molecular weight excluding hydrogens is 240 g/mol. The van der Waals surface area contributed by atoms with Gasteiger partial charge in [0.2, 0.25) is 0 Å². The van der Waals surface area contributed by atoms with Crippen molar-refractivity contribution in [1.29, 1.82) is 0 Å². The molecule has 0 amide bonds. The molecular formula is C10H12N4O2S. The predicted octanol–water partition coefficient (Wildman–Crippen LogP) is 0.592. The number of aryl methyl sites for hydroxylation is 1. The van der Waals surface area contributed by atoms with Crippen molar-refractivity contribution in [3.63, 3.8) is 0 Å². The van der Waals surface area contributed by atoms with Crippen molar-refractivity contribution < 1.29 is 8.42 Å². The summed E-state index contributed by atoms with van der Waals surface area (Å²) in [6.07, 6.45) is 4.22. The highest BCUT2D eigenvalue weighted by Gasteiger charge is 2.14. The number of aromatic amines is 1. The first-order valence-electron chi connectivity index (χ1n) is 4.97. The van der Waals surface area contributed by atoms with E-state index in [1.165, 1.54) is 12.5 Å². The zero-order valence-corrected chi connectivity index (χ0v) is 10.0. The summed E-state index contributed by atoms with van der Waals surface area (Å²) in [5.74, 6) is 0. The van der Waals surface area contributed by atoms with Gasteiger partial charge in [-0.25, -0.2) is 18.1 Å². The molecule has 0 saturated heterocycles. The van der Waals surface area contributed by atoms with E-state index in [-0.39, 0.29) is 11.6 Å². The van der Waals surface area contributed by atoms with Crippen LogP contribution in [-0.2, 0) is 16.6 Å². The molecule has 0 atom stereocenters. The normalized spacial score (nSPS) is 11.6. The Kier molecular flexibility index (Phi) is 3.21. The van der Waals surface area contributed by atoms with E-state index in [1.807, 2.05) is 19.1 Å². The van der Waals surface area contributed by atoms with E-state index in [9.17, 15) is 8.42 Å². The number of nitrogens with zero attached hydrogens (tertiary/aromatic N) is 2. The number of rotatable bonds is 4. The van der Waals surface area contributed by atoms with Gasteiger partial charge in [0.25, 0.3) is 10.0 Å². The third-order valence-electron chi connectivity index (χ3n) is 2.20. The van der Waals surface area contributed by atoms with Crippen LogP contribution in [0.3, 0.4) is 0 Å². The van der Waals surface area contributed by atoms with Crippen molar-refractivity contribution >= 4 is 10.0 Å². The molecule has 6 nitrogen and oxygen atoms in total. The van der Waals surface area contributed by atoms with Gasteiger partial charge in [-0.1, -0.05) is 6.07 Å². The van der Waals surface area contributed by atoms with Crippen molar-refractivity contribution in [2.45, 2.75) is 18.5 Å². The summed E-state index contributed by atoms with van der Waals surface area (Å²) in [4.78, 5) is 10.3. The molecule has 0 radical (unpaired) electrons. The summed E-state index contributed by atoms with van der Waals surface area (Å²) in [5.41, 5.74) is 1.70. The molecule has 0 saturated carbocycles. The molecule has 0 aliphatic carbocycles. The Morgan fingerprint density at radius 2 is 2.18 bits per heavy atom. The first kappa shape index (κ1) is 11.7. The van der Waals surface area contributed by atoms with Crippen LogP contribution in [0.25, 0.3) is 0 Å². The van der Waals surface area contributed by atoms with Gasteiger partial charge < -0.3 is 4.98 Å². The molecule has 0 fully saturated rings. The van der Waals surface area contributed by atoms with Crippen LogP contribution in [0.1, 0.15) is 11.3 Å². The molecule has 0 bridgehead atoms. The third-order valence-corrected chi connectivity index (χ3v) is 3.53. The Balaban J connectivity index is 2.06. The van der Waals surface area contributed by atoms with Gasteiger partial charge in [0.15, 0.2) is 5.03 Å². The second-order valence-electron chi connectivity index (χ2n) is 3.55. The maximum Gasteiger partial charge on any atom is 0.257 e. The molecule has 2 aromatic heterocycles. The van der Waals surface area contributed by atoms with E-state index < -0.39 is 10.0 Å². The average molecular weight is 252 g/mol. The van der Waals surface area contributed by atoms with Gasteiger partial charge >= 0.3 is 0 Å². The first-order chi connectivity index (χ1) is 8.08. The van der Waals surface area contributed by atoms with Crippen LogP contribution < -0.4 is 4.72 Å². The standard InChI is InChI=1S/C10H12N4O2S/c1-8-2-3-9(4-12-8)5-14-17(15,16)10-6-11-7-13-10/h2-4,6-7,14H,5H2,1H3,(H,11,13). The summed E-state index contributed by atoms with van der Waals surface area (Å²) in [6.45, 7) is 2.08. The van der Waals surface area contributed by atoms with Crippen molar-refractivity contribution in [1.82, 2.24) is 19.7 Å². The number of imidazole rings is 1. The maximum atomic E-state index is 11.7. The summed E-state index contributed by atoms with van der Waals surface area (Å²) >= 11 is 0. The highest BCUT2D eigenvalue weighted by molar-refractivity contribution is 7.89. The molecule has 0 aliphatic rings. The SMILES string of the molecule is Cc1ccc(CNS(=O)(=O)c2cnc[nH]2)cn1. The van der Waals surface area contributed by atoms with Crippen molar-refractivity contribution in [3.05, 3.63) is 42.1 Å². The third kappa shape index (κ3) is 2.89. The topological polar surface area (TPSA) is 87.7 Å². The molecule has 0 spiro atoms. The number of H-pyrrole nitrogens is 1. The number of pyridine rings is 1. The summed E-state index contributed by atoms with van der Waals surface area (Å²) < 4.78 is 25.9. The zero-order valence-electron chi connectivity index (χ0n) is 9.21. The predicted molar refractivity (Wildman–Crippen MR) is 61.6 cm³/mol. The number of nitrogens with one attached hydrogen (secondary N) is 2. The van der Waals surface area contributed by atoms with E-state index in [4.69, 9.17) is 0 Å². The van der Waals surface area contributed by atoms with Gasteiger partial charge in [-0.05, 0) is 18.6 Å². The van der Waals surface area contributed by atoms with Crippen molar-refractivity contribution in [2.24, 2.45) is 0 Å². The number of hydrogen-bond donors (Lipinski definition) is 2. The van der Waals surface area contributed by atoms with E-state index in [0.717, 1.165) is 11.3 Å². The molecule has 0 aliphatic heterocycles. The number of sulfonamides is 1. The Labute approximate surface area is 99.2 Å². The van der Waals surface area contributed by atoms with Crippen molar-refractivity contribution in [3.8, 4) is 0 Å². The minimum Gasteiger partial charge on any atom is -0.335 e. The molecule has 2 heterocycles. The fourth-order valence-electron chi connectivity index (χ4n) is 1.25. The lowest BCUT2D eigenvalue weighted by Gasteiger charge is -2.04. The molecule has 2 rings (SSSR count). The molecule has 2 N–H and O–H groups in total. The highest BCUT2D eigenvalue weighted by atomic mass is 32.2. The second-order valence-corrected chi connectivity index (χ2v) is 5.28. The van der Waals surface area contributed by atoms with Gasteiger partial charge in [0, 0.05) is 18.4 Å². The molecule has 17 heavy (non-hydrogen) atoms. The highest BCUT2D eigenvalue weighted by Crippen LogP contribution is 2.04. The lowest BCUT2D eigenvalue weighted by molar-refractivity contribution is 0.578. The number of hydrogen-bond acceptors (Lipinski definition) is 4. The monoisotopic (exact) mass is 252 g/mol. The van der Waals surface area contributed by atoms with E-state index in [2.05, 4.69) is 19.7 Å². The lowest BCUT2D eigenvalue weighted by atomic mass is 10.2. The molecule has 90 valence electrons. The van der Waals surface area contributed by atoms with Gasteiger partial charge in [-0.3, -0.25) is 4.98 Å².